The van der Waals surface area contributed by atoms with E-state index in [1.54, 1.807) is 0 Å². The maximum absolute atomic E-state index is 5.72. The van der Waals surface area contributed by atoms with E-state index in [2.05, 4.69) is 46.6 Å². The van der Waals surface area contributed by atoms with Crippen molar-refractivity contribution in [2.24, 2.45) is 0 Å². The van der Waals surface area contributed by atoms with Crippen molar-refractivity contribution in [2.75, 3.05) is 0 Å². The summed E-state index contributed by atoms with van der Waals surface area (Å²) < 4.78 is 7.69. The van der Waals surface area contributed by atoms with Gasteiger partial charge in [-0.15, -0.1) is 10.2 Å². The molecule has 6 heteroatoms. The van der Waals surface area contributed by atoms with Crippen LogP contribution in [-0.2, 0) is 13.0 Å². The van der Waals surface area contributed by atoms with Crippen LogP contribution in [0.5, 0.6) is 0 Å². The number of aryl methyl sites for hydroxylation is 1. The van der Waals surface area contributed by atoms with E-state index in [0.29, 0.717) is 24.7 Å². The average Bonchev–Trinajstić information content (AvgIpc) is 3.22. The fourth-order valence-corrected chi connectivity index (χ4v) is 2.51. The van der Waals surface area contributed by atoms with Crippen LogP contribution in [0.15, 0.2) is 47.1 Å². The molecule has 126 valence electrons. The van der Waals surface area contributed by atoms with Gasteiger partial charge in [0.25, 0.3) is 0 Å². The smallest absolute Gasteiger partial charge is 0.230 e. The number of nitrogens with zero attached hydrogens (tertiary/aromatic N) is 4. The van der Waals surface area contributed by atoms with E-state index in [9.17, 15) is 0 Å². The van der Waals surface area contributed by atoms with Crippen LogP contribution in [0.3, 0.4) is 0 Å². The lowest BCUT2D eigenvalue weighted by atomic mass is 10.1. The molecule has 0 aliphatic carbocycles. The third-order valence-corrected chi connectivity index (χ3v) is 4.15. The van der Waals surface area contributed by atoms with Crippen molar-refractivity contribution >= 4 is 0 Å². The Morgan fingerprint density at radius 3 is 2.58 bits per heavy atom. The van der Waals surface area contributed by atoms with Crippen molar-refractivity contribution in [1.82, 2.24) is 25.3 Å². The van der Waals surface area contributed by atoms with Crippen molar-refractivity contribution < 1.29 is 4.42 Å². The SMILES string of the molecule is Cc1cnn([C@@H](C)[C@H](C)NCc2nnc(Cc3ccccc3)o2)c1. The Hall–Kier alpha value is -2.47. The van der Waals surface area contributed by atoms with E-state index in [0.717, 1.165) is 11.1 Å². The normalized spacial score (nSPS) is 13.8. The molecule has 0 saturated carbocycles. The molecule has 2 atom stereocenters. The Kier molecular flexibility index (Phi) is 5.05. The van der Waals surface area contributed by atoms with Gasteiger partial charge >= 0.3 is 0 Å². The van der Waals surface area contributed by atoms with E-state index in [4.69, 9.17) is 4.42 Å². The van der Waals surface area contributed by atoms with Gasteiger partial charge < -0.3 is 9.73 Å². The summed E-state index contributed by atoms with van der Waals surface area (Å²) in [5.41, 5.74) is 2.33. The summed E-state index contributed by atoms with van der Waals surface area (Å²) in [4.78, 5) is 0. The molecule has 6 nitrogen and oxygen atoms in total. The first-order chi connectivity index (χ1) is 11.6. The Morgan fingerprint density at radius 1 is 1.12 bits per heavy atom. The van der Waals surface area contributed by atoms with Gasteiger partial charge in [0.05, 0.1) is 25.2 Å². The molecule has 24 heavy (non-hydrogen) atoms. The first kappa shape index (κ1) is 16.4. The highest BCUT2D eigenvalue weighted by atomic mass is 16.4. The van der Waals surface area contributed by atoms with Gasteiger partial charge in [-0.3, -0.25) is 4.68 Å². The number of hydrogen-bond acceptors (Lipinski definition) is 5. The Labute approximate surface area is 141 Å². The van der Waals surface area contributed by atoms with Crippen LogP contribution < -0.4 is 5.32 Å². The van der Waals surface area contributed by atoms with Crippen LogP contribution in [0.25, 0.3) is 0 Å². The Bertz CT molecular complexity index is 765. The number of rotatable bonds is 7. The third kappa shape index (κ3) is 4.08. The minimum absolute atomic E-state index is 0.230. The summed E-state index contributed by atoms with van der Waals surface area (Å²) in [6.07, 6.45) is 4.58. The highest BCUT2D eigenvalue weighted by molar-refractivity contribution is 5.17. The first-order valence-corrected chi connectivity index (χ1v) is 8.21. The highest BCUT2D eigenvalue weighted by Gasteiger charge is 2.15. The second-order valence-electron chi connectivity index (χ2n) is 6.16. The molecule has 1 aromatic carbocycles. The van der Waals surface area contributed by atoms with E-state index >= 15 is 0 Å². The zero-order valence-corrected chi connectivity index (χ0v) is 14.3. The van der Waals surface area contributed by atoms with Crippen molar-refractivity contribution in [3.05, 3.63) is 65.6 Å². The van der Waals surface area contributed by atoms with Gasteiger partial charge in [-0.05, 0) is 31.9 Å². The molecule has 0 bridgehead atoms. The molecule has 0 spiro atoms. The topological polar surface area (TPSA) is 68.8 Å². The summed E-state index contributed by atoms with van der Waals surface area (Å²) in [5, 5.41) is 16.0. The van der Waals surface area contributed by atoms with Crippen molar-refractivity contribution in [1.29, 1.82) is 0 Å². The quantitative estimate of drug-likeness (QED) is 0.723. The first-order valence-electron chi connectivity index (χ1n) is 8.21. The minimum atomic E-state index is 0.230. The van der Waals surface area contributed by atoms with E-state index in [1.165, 1.54) is 0 Å². The summed E-state index contributed by atoms with van der Waals surface area (Å²) in [6, 6.07) is 10.6. The molecule has 0 unspecified atom stereocenters. The second kappa shape index (κ2) is 7.40. The molecule has 0 saturated heterocycles. The fraction of sp³-hybridized carbons (Fsp3) is 0.389. The van der Waals surface area contributed by atoms with Crippen LogP contribution >= 0.6 is 0 Å². The molecule has 0 radical (unpaired) electrons. The van der Waals surface area contributed by atoms with Gasteiger partial charge in [-0.2, -0.15) is 5.10 Å². The zero-order chi connectivity index (χ0) is 16.9. The van der Waals surface area contributed by atoms with Crippen LogP contribution in [0, 0.1) is 6.92 Å². The van der Waals surface area contributed by atoms with Crippen molar-refractivity contribution in [3.8, 4) is 0 Å². The molecule has 2 aromatic heterocycles. The molecule has 2 heterocycles. The van der Waals surface area contributed by atoms with E-state index in [-0.39, 0.29) is 12.1 Å². The zero-order valence-electron chi connectivity index (χ0n) is 14.3. The van der Waals surface area contributed by atoms with Crippen LogP contribution in [0.4, 0.5) is 0 Å². The lowest BCUT2D eigenvalue weighted by Crippen LogP contribution is -2.33. The van der Waals surface area contributed by atoms with Gasteiger partial charge in [-0.1, -0.05) is 30.3 Å². The lowest BCUT2D eigenvalue weighted by molar-refractivity contribution is 0.344. The van der Waals surface area contributed by atoms with Crippen LogP contribution in [0.2, 0.25) is 0 Å². The van der Waals surface area contributed by atoms with Gasteiger partial charge in [0.1, 0.15) is 0 Å². The molecule has 1 N–H and O–H groups in total. The molecule has 0 aliphatic rings. The van der Waals surface area contributed by atoms with Gasteiger partial charge in [0.2, 0.25) is 11.8 Å². The maximum Gasteiger partial charge on any atom is 0.230 e. The standard InChI is InChI=1S/C18H23N5O/c1-13-10-20-23(12-13)15(3)14(2)19-11-18-22-21-17(24-18)9-16-7-5-4-6-8-16/h4-8,10,12,14-15,19H,9,11H2,1-3H3/t14-,15-/m0/s1. The molecular formula is C18H23N5O. The summed E-state index contributed by atoms with van der Waals surface area (Å²) in [5.74, 6) is 1.25. The predicted octanol–water partition coefficient (Wildman–Crippen LogP) is 2.90. The van der Waals surface area contributed by atoms with Gasteiger partial charge in [0, 0.05) is 12.2 Å². The molecule has 3 aromatic rings. The minimum Gasteiger partial charge on any atom is -0.424 e. The van der Waals surface area contributed by atoms with E-state index in [1.807, 2.05) is 42.2 Å². The summed E-state index contributed by atoms with van der Waals surface area (Å²) >= 11 is 0. The fourth-order valence-electron chi connectivity index (χ4n) is 2.51. The predicted molar refractivity (Wildman–Crippen MR) is 91.5 cm³/mol. The molecule has 0 amide bonds. The van der Waals surface area contributed by atoms with E-state index < -0.39 is 0 Å². The Morgan fingerprint density at radius 2 is 1.88 bits per heavy atom. The van der Waals surface area contributed by atoms with Crippen LogP contribution in [0.1, 0.15) is 42.8 Å². The van der Waals surface area contributed by atoms with Crippen molar-refractivity contribution in [3.63, 3.8) is 0 Å². The largest absolute Gasteiger partial charge is 0.424 e. The number of hydrogen-bond donors (Lipinski definition) is 1. The summed E-state index contributed by atoms with van der Waals surface area (Å²) in [7, 11) is 0. The second-order valence-corrected chi connectivity index (χ2v) is 6.16. The lowest BCUT2D eigenvalue weighted by Gasteiger charge is -2.21. The summed E-state index contributed by atoms with van der Waals surface area (Å²) in [6.45, 7) is 6.86. The maximum atomic E-state index is 5.72. The van der Waals surface area contributed by atoms with Gasteiger partial charge in [0.15, 0.2) is 0 Å². The molecule has 0 fully saturated rings. The van der Waals surface area contributed by atoms with Gasteiger partial charge in [-0.25, -0.2) is 0 Å². The third-order valence-electron chi connectivity index (χ3n) is 4.15. The number of aromatic nitrogens is 4. The number of nitrogens with one attached hydrogen (secondary N) is 1. The monoisotopic (exact) mass is 325 g/mol. The molecule has 0 aliphatic heterocycles. The molecular weight excluding hydrogens is 302 g/mol. The average molecular weight is 325 g/mol. The van der Waals surface area contributed by atoms with Crippen molar-refractivity contribution in [2.45, 2.75) is 45.8 Å². The molecule has 3 rings (SSSR count). The number of benzene rings is 1. The Balaban J connectivity index is 1.53. The van der Waals surface area contributed by atoms with Crippen LogP contribution in [-0.4, -0.2) is 26.0 Å². The highest BCUT2D eigenvalue weighted by Crippen LogP contribution is 2.12.